The molecule has 1 aliphatic carbocycles. The Balaban J connectivity index is 1.30. The van der Waals surface area contributed by atoms with E-state index in [2.05, 4.69) is 20.3 Å². The highest BCUT2D eigenvalue weighted by atomic mass is 19.1. The third-order valence-electron chi connectivity index (χ3n) is 7.07. The van der Waals surface area contributed by atoms with Crippen molar-refractivity contribution in [2.24, 2.45) is 0 Å². The van der Waals surface area contributed by atoms with Crippen molar-refractivity contribution in [3.63, 3.8) is 0 Å². The lowest BCUT2D eigenvalue weighted by molar-refractivity contribution is -0.191. The molecule has 36 heavy (non-hydrogen) atoms. The summed E-state index contributed by atoms with van der Waals surface area (Å²) in [7, 11) is 0. The van der Waals surface area contributed by atoms with Gasteiger partial charge in [-0.05, 0) is 32.8 Å². The number of aromatic nitrogens is 4. The summed E-state index contributed by atoms with van der Waals surface area (Å²) < 4.78 is 49.2. The van der Waals surface area contributed by atoms with Crippen LogP contribution in [-0.4, -0.2) is 55.8 Å². The molecule has 2 saturated heterocycles. The van der Waals surface area contributed by atoms with Crippen LogP contribution in [0, 0.1) is 5.82 Å². The molecule has 3 aromatic rings. The van der Waals surface area contributed by atoms with Gasteiger partial charge in [-0.3, -0.25) is 4.57 Å². The molecule has 10 heteroatoms. The van der Waals surface area contributed by atoms with Gasteiger partial charge in [-0.1, -0.05) is 43.2 Å². The Morgan fingerprint density at radius 3 is 2.72 bits per heavy atom. The Hall–Kier alpha value is -2.95. The molecule has 1 saturated carbocycles. The summed E-state index contributed by atoms with van der Waals surface area (Å²) in [6, 6.07) is 6.26. The zero-order chi connectivity index (χ0) is 24.9. The summed E-state index contributed by atoms with van der Waals surface area (Å²) in [6.07, 6.45) is 6.94. The molecule has 6 rings (SSSR count). The van der Waals surface area contributed by atoms with E-state index < -0.39 is 36.5 Å². The first-order valence-corrected chi connectivity index (χ1v) is 12.4. The highest BCUT2D eigenvalue weighted by Gasteiger charge is 2.55. The van der Waals surface area contributed by atoms with Gasteiger partial charge in [0.15, 0.2) is 29.0 Å². The Morgan fingerprint density at radius 1 is 1.08 bits per heavy atom. The summed E-state index contributed by atoms with van der Waals surface area (Å²) >= 11 is 0. The van der Waals surface area contributed by atoms with Crippen molar-refractivity contribution < 1.29 is 23.0 Å². The van der Waals surface area contributed by atoms with Crippen LogP contribution in [0.15, 0.2) is 43.0 Å². The summed E-state index contributed by atoms with van der Waals surface area (Å²) in [5.41, 5.74) is 1.55. The predicted molar refractivity (Wildman–Crippen MR) is 129 cm³/mol. The number of hydrogen-bond donors (Lipinski definition) is 1. The van der Waals surface area contributed by atoms with Gasteiger partial charge in [0.25, 0.3) is 0 Å². The van der Waals surface area contributed by atoms with Gasteiger partial charge in [0.1, 0.15) is 36.6 Å². The molecule has 190 valence electrons. The lowest BCUT2D eigenvalue weighted by atomic mass is 9.93. The van der Waals surface area contributed by atoms with Gasteiger partial charge in [-0.25, -0.2) is 23.7 Å². The van der Waals surface area contributed by atoms with Crippen LogP contribution >= 0.6 is 0 Å². The molecule has 0 amide bonds. The van der Waals surface area contributed by atoms with Crippen molar-refractivity contribution >= 4 is 23.1 Å². The van der Waals surface area contributed by atoms with Crippen LogP contribution in [0.4, 0.5) is 14.6 Å². The van der Waals surface area contributed by atoms with Crippen LogP contribution in [0.25, 0.3) is 17.2 Å². The zero-order valence-corrected chi connectivity index (χ0v) is 20.2. The molecular formula is C26H29F2N5O3. The zero-order valence-electron chi connectivity index (χ0n) is 20.2. The standard InChI is InChI=1S/C26H29F2N5O3/c1-26(2)35-21-19(12-11-15-7-3-4-8-16(15)27)34-25(22(21)36-26)33-14-31-20-23(29-13-30-24(20)33)32-18-10-6-5-9-17(18)28/h3-4,7-8,11-14,17-19,21-22,25H,5-6,9-10H2,1-2H3,(H,29,30,32)/t17?,18?,19-,21-,22+,25-/m1/s1. The van der Waals surface area contributed by atoms with Gasteiger partial charge < -0.3 is 19.5 Å². The first-order chi connectivity index (χ1) is 17.4. The summed E-state index contributed by atoms with van der Waals surface area (Å²) in [6.45, 7) is 3.71. The van der Waals surface area contributed by atoms with Crippen LogP contribution in [0.5, 0.6) is 0 Å². The number of nitrogens with one attached hydrogen (secondary N) is 1. The van der Waals surface area contributed by atoms with E-state index in [1.807, 2.05) is 13.8 Å². The van der Waals surface area contributed by atoms with Gasteiger partial charge in [-0.15, -0.1) is 0 Å². The fourth-order valence-electron chi connectivity index (χ4n) is 5.36. The highest BCUT2D eigenvalue weighted by molar-refractivity contribution is 5.82. The SMILES string of the molecule is CC1(C)O[C@H]2[C@H](O1)[C@@H](C=Cc1ccccc1F)O[C@H]2n1cnc2c(NC3CCCCC3F)ncnc21. The second kappa shape index (κ2) is 9.17. The minimum absolute atomic E-state index is 0.297. The first-order valence-electron chi connectivity index (χ1n) is 12.4. The Labute approximate surface area is 207 Å². The first kappa shape index (κ1) is 23.4. The molecule has 0 bridgehead atoms. The molecular weight excluding hydrogens is 468 g/mol. The van der Waals surface area contributed by atoms with Crippen LogP contribution in [-0.2, 0) is 14.2 Å². The van der Waals surface area contributed by atoms with Crippen LogP contribution in [0.1, 0.15) is 51.3 Å². The molecule has 3 aliphatic rings. The third-order valence-corrected chi connectivity index (χ3v) is 7.07. The molecule has 8 nitrogen and oxygen atoms in total. The van der Waals surface area contributed by atoms with Crippen molar-refractivity contribution in [2.75, 3.05) is 5.32 Å². The van der Waals surface area contributed by atoms with E-state index in [0.717, 1.165) is 19.3 Å². The topological polar surface area (TPSA) is 83.3 Å². The number of fused-ring (bicyclic) bond motifs is 2. The van der Waals surface area contributed by atoms with Gasteiger partial charge in [0, 0.05) is 5.56 Å². The smallest absolute Gasteiger partial charge is 0.167 e. The minimum atomic E-state index is -0.918. The molecule has 3 fully saturated rings. The monoisotopic (exact) mass is 497 g/mol. The van der Waals surface area contributed by atoms with Crippen molar-refractivity contribution in [2.45, 2.75) is 82.1 Å². The minimum Gasteiger partial charge on any atom is -0.362 e. The molecule has 2 unspecified atom stereocenters. The number of rotatable bonds is 5. The van der Waals surface area contributed by atoms with Crippen molar-refractivity contribution in [1.82, 2.24) is 19.5 Å². The Bertz CT molecular complexity index is 1280. The van der Waals surface area contributed by atoms with Gasteiger partial charge >= 0.3 is 0 Å². The number of hydrogen-bond acceptors (Lipinski definition) is 7. The van der Waals surface area contributed by atoms with E-state index in [0.29, 0.717) is 29.0 Å². The van der Waals surface area contributed by atoms with Crippen LogP contribution in [0.3, 0.4) is 0 Å². The van der Waals surface area contributed by atoms with Crippen LogP contribution in [0.2, 0.25) is 0 Å². The maximum absolute atomic E-state index is 14.5. The van der Waals surface area contributed by atoms with E-state index in [1.165, 1.54) is 12.4 Å². The number of halogens is 2. The number of benzene rings is 1. The summed E-state index contributed by atoms with van der Waals surface area (Å²) in [4.78, 5) is 13.3. The fraction of sp³-hybridized carbons (Fsp3) is 0.500. The molecule has 0 spiro atoms. The van der Waals surface area contributed by atoms with Crippen LogP contribution < -0.4 is 5.32 Å². The maximum atomic E-state index is 14.5. The lowest BCUT2D eigenvalue weighted by Gasteiger charge is -2.27. The predicted octanol–water partition coefficient (Wildman–Crippen LogP) is 4.79. The molecule has 2 aromatic heterocycles. The van der Waals surface area contributed by atoms with Crippen molar-refractivity contribution in [1.29, 1.82) is 0 Å². The largest absolute Gasteiger partial charge is 0.362 e. The van der Waals surface area contributed by atoms with Crippen molar-refractivity contribution in [3.8, 4) is 0 Å². The summed E-state index contributed by atoms with van der Waals surface area (Å²) in [5, 5.41) is 3.24. The maximum Gasteiger partial charge on any atom is 0.167 e. The number of anilines is 1. The normalized spacial score (nSPS) is 31.8. The molecule has 1 aromatic carbocycles. The second-order valence-electron chi connectivity index (χ2n) is 10.0. The lowest BCUT2D eigenvalue weighted by Crippen LogP contribution is -2.34. The number of nitrogens with zero attached hydrogens (tertiary/aromatic N) is 4. The molecule has 1 N–H and O–H groups in total. The molecule has 6 atom stereocenters. The van der Waals surface area contributed by atoms with E-state index in [1.54, 1.807) is 41.2 Å². The quantitative estimate of drug-likeness (QED) is 0.543. The highest BCUT2D eigenvalue weighted by Crippen LogP contribution is 2.44. The Morgan fingerprint density at radius 2 is 1.89 bits per heavy atom. The van der Waals surface area contributed by atoms with Gasteiger partial charge in [0.05, 0.1) is 12.4 Å². The van der Waals surface area contributed by atoms with E-state index >= 15 is 0 Å². The van der Waals surface area contributed by atoms with Gasteiger partial charge in [-0.2, -0.15) is 0 Å². The number of alkyl halides is 1. The van der Waals surface area contributed by atoms with Gasteiger partial charge in [0.2, 0.25) is 0 Å². The second-order valence-corrected chi connectivity index (χ2v) is 10.0. The van der Waals surface area contributed by atoms with E-state index in [4.69, 9.17) is 14.2 Å². The van der Waals surface area contributed by atoms with E-state index in [-0.39, 0.29) is 11.9 Å². The molecule has 0 radical (unpaired) electrons. The Kier molecular flexibility index (Phi) is 5.97. The fourth-order valence-corrected chi connectivity index (χ4v) is 5.36. The number of imidazole rings is 1. The summed E-state index contributed by atoms with van der Waals surface area (Å²) in [5.74, 6) is -0.617. The average Bonchev–Trinajstić information content (AvgIpc) is 3.51. The third kappa shape index (κ3) is 4.27. The molecule has 2 aliphatic heterocycles. The molecule has 4 heterocycles. The number of ether oxygens (including phenoxy) is 3. The average molecular weight is 498 g/mol. The van der Waals surface area contributed by atoms with E-state index in [9.17, 15) is 8.78 Å². The van der Waals surface area contributed by atoms with Crippen molar-refractivity contribution in [3.05, 3.63) is 54.4 Å².